The monoisotopic (exact) mass is 468 g/mol. The number of urea groups is 1. The molecule has 3 aromatic carbocycles. The van der Waals surface area contributed by atoms with Gasteiger partial charge in [-0.05, 0) is 37.1 Å². The van der Waals surface area contributed by atoms with Crippen molar-refractivity contribution < 1.29 is 19.2 Å². The van der Waals surface area contributed by atoms with Crippen LogP contribution in [0.4, 0.5) is 16.2 Å². The molecule has 2 N–H and O–H groups in total. The summed E-state index contributed by atoms with van der Waals surface area (Å²) in [6.07, 6.45) is 0. The second-order valence-corrected chi connectivity index (χ2v) is 9.06. The van der Waals surface area contributed by atoms with Crippen molar-refractivity contribution in [2.75, 3.05) is 16.8 Å². The van der Waals surface area contributed by atoms with E-state index in [0.717, 1.165) is 4.90 Å². The summed E-state index contributed by atoms with van der Waals surface area (Å²) in [5, 5.41) is 5.65. The minimum absolute atomic E-state index is 0.357. The van der Waals surface area contributed by atoms with Gasteiger partial charge in [0.05, 0.1) is 11.4 Å². The Bertz CT molecular complexity index is 1300. The Balaban J connectivity index is 1.54. The van der Waals surface area contributed by atoms with Gasteiger partial charge in [-0.1, -0.05) is 72.8 Å². The maximum absolute atomic E-state index is 13.9. The van der Waals surface area contributed by atoms with Gasteiger partial charge in [0.15, 0.2) is 5.54 Å². The number of nitrogens with zero attached hydrogens (tertiary/aromatic N) is 2. The van der Waals surface area contributed by atoms with E-state index in [1.165, 1.54) is 4.90 Å². The van der Waals surface area contributed by atoms with Gasteiger partial charge in [-0.3, -0.25) is 24.2 Å². The predicted octanol–water partition coefficient (Wildman–Crippen LogP) is 3.25. The third kappa shape index (κ3) is 3.37. The number of carbonyl (C=O) groups is 4. The molecule has 2 aliphatic rings. The summed E-state index contributed by atoms with van der Waals surface area (Å²) in [5.41, 5.74) is -0.519. The number of anilines is 2. The largest absolute Gasteiger partial charge is 0.326 e. The lowest BCUT2D eigenvalue weighted by Gasteiger charge is -2.42. The van der Waals surface area contributed by atoms with Gasteiger partial charge in [0.1, 0.15) is 12.1 Å². The third-order valence-corrected chi connectivity index (χ3v) is 6.57. The predicted molar refractivity (Wildman–Crippen MR) is 131 cm³/mol. The van der Waals surface area contributed by atoms with Crippen LogP contribution in [0.1, 0.15) is 25.0 Å². The molecule has 5 amide bonds. The Labute approximate surface area is 202 Å². The highest BCUT2D eigenvalue weighted by Gasteiger charge is 2.55. The minimum Gasteiger partial charge on any atom is -0.322 e. The summed E-state index contributed by atoms with van der Waals surface area (Å²) < 4.78 is 0. The molecule has 0 saturated carbocycles. The van der Waals surface area contributed by atoms with Gasteiger partial charge >= 0.3 is 6.03 Å². The van der Waals surface area contributed by atoms with E-state index in [1.54, 1.807) is 86.6 Å². The van der Waals surface area contributed by atoms with Crippen molar-refractivity contribution in [3.63, 3.8) is 0 Å². The van der Waals surface area contributed by atoms with Crippen LogP contribution in [0.5, 0.6) is 0 Å². The lowest BCUT2D eigenvalue weighted by molar-refractivity contribution is -0.134. The second kappa shape index (κ2) is 8.09. The van der Waals surface area contributed by atoms with E-state index < -0.39 is 35.5 Å². The smallest absolute Gasteiger partial charge is 0.322 e. The molecule has 8 nitrogen and oxygen atoms in total. The molecule has 0 radical (unpaired) electrons. The Morgan fingerprint density at radius 2 is 1.34 bits per heavy atom. The first-order valence-corrected chi connectivity index (χ1v) is 11.3. The Hall–Kier alpha value is -4.46. The van der Waals surface area contributed by atoms with E-state index in [4.69, 9.17) is 0 Å². The van der Waals surface area contributed by atoms with E-state index in [0.29, 0.717) is 22.5 Å². The van der Waals surface area contributed by atoms with Crippen LogP contribution >= 0.6 is 0 Å². The van der Waals surface area contributed by atoms with Gasteiger partial charge in [-0.15, -0.1) is 0 Å². The summed E-state index contributed by atoms with van der Waals surface area (Å²) in [4.78, 5) is 55.8. The molecule has 0 aromatic heterocycles. The molecule has 176 valence electrons. The maximum atomic E-state index is 13.9. The van der Waals surface area contributed by atoms with Crippen LogP contribution in [0.2, 0.25) is 0 Å². The molecule has 0 bridgehead atoms. The van der Waals surface area contributed by atoms with Gasteiger partial charge in [-0.25, -0.2) is 4.79 Å². The molecular formula is C27H24N4O4. The SMILES string of the molecule is CC1(C)C(=O)Nc2ccccc2N1C(=O)CN1C(=O)NC(c2ccccc2)(c2ccccc2)C1=O. The van der Waals surface area contributed by atoms with Crippen molar-refractivity contribution in [3.05, 3.63) is 96.1 Å². The molecule has 0 unspecified atom stereocenters. The molecule has 3 aromatic rings. The van der Waals surface area contributed by atoms with Crippen molar-refractivity contribution in [3.8, 4) is 0 Å². The van der Waals surface area contributed by atoms with E-state index in [2.05, 4.69) is 10.6 Å². The standard InChI is InChI=1S/C27H24N4O4/c1-26(2)23(33)28-20-15-9-10-16-21(20)31(26)22(32)17-30-24(34)27(29-25(30)35,18-11-5-3-6-12-18)19-13-7-4-8-14-19/h3-16H,17H2,1-2H3,(H,28,33)(H,29,35). The summed E-state index contributed by atoms with van der Waals surface area (Å²) in [6.45, 7) is 2.73. The van der Waals surface area contributed by atoms with E-state index in [-0.39, 0.29) is 5.91 Å². The zero-order chi connectivity index (χ0) is 24.8. The molecule has 1 saturated heterocycles. The van der Waals surface area contributed by atoms with Crippen molar-refractivity contribution in [2.24, 2.45) is 0 Å². The van der Waals surface area contributed by atoms with Crippen molar-refractivity contribution in [2.45, 2.75) is 24.9 Å². The first kappa shape index (κ1) is 22.3. The molecular weight excluding hydrogens is 444 g/mol. The van der Waals surface area contributed by atoms with Crippen LogP contribution < -0.4 is 15.5 Å². The minimum atomic E-state index is -1.47. The number of fused-ring (bicyclic) bond motifs is 1. The highest BCUT2D eigenvalue weighted by molar-refractivity contribution is 6.17. The van der Waals surface area contributed by atoms with Crippen LogP contribution in [0.25, 0.3) is 0 Å². The first-order valence-electron chi connectivity index (χ1n) is 11.3. The van der Waals surface area contributed by atoms with Crippen molar-refractivity contribution >= 4 is 35.1 Å². The number of nitrogens with one attached hydrogen (secondary N) is 2. The number of para-hydroxylation sites is 2. The van der Waals surface area contributed by atoms with Gasteiger partial charge in [-0.2, -0.15) is 0 Å². The van der Waals surface area contributed by atoms with Crippen molar-refractivity contribution in [1.82, 2.24) is 10.2 Å². The van der Waals surface area contributed by atoms with Crippen LogP contribution in [0, 0.1) is 0 Å². The number of rotatable bonds is 4. The topological polar surface area (TPSA) is 98.8 Å². The molecule has 1 fully saturated rings. The molecule has 8 heteroatoms. The lowest BCUT2D eigenvalue weighted by Crippen LogP contribution is -2.60. The average Bonchev–Trinajstić information content (AvgIpc) is 3.11. The van der Waals surface area contributed by atoms with Crippen LogP contribution in [-0.2, 0) is 19.9 Å². The Morgan fingerprint density at radius 3 is 1.94 bits per heavy atom. The lowest BCUT2D eigenvalue weighted by atomic mass is 9.82. The van der Waals surface area contributed by atoms with E-state index in [9.17, 15) is 19.2 Å². The number of carbonyl (C=O) groups excluding carboxylic acids is 4. The van der Waals surface area contributed by atoms with Crippen LogP contribution in [-0.4, -0.2) is 40.7 Å². The summed E-state index contributed by atoms with van der Waals surface area (Å²) in [7, 11) is 0. The molecule has 35 heavy (non-hydrogen) atoms. The number of benzene rings is 3. The number of hydrogen-bond acceptors (Lipinski definition) is 4. The number of hydrogen-bond donors (Lipinski definition) is 2. The summed E-state index contributed by atoms with van der Waals surface area (Å²) >= 11 is 0. The first-order chi connectivity index (χ1) is 16.8. The zero-order valence-electron chi connectivity index (χ0n) is 19.3. The van der Waals surface area contributed by atoms with E-state index in [1.807, 2.05) is 12.1 Å². The number of amides is 5. The van der Waals surface area contributed by atoms with Gasteiger partial charge in [0, 0.05) is 0 Å². The molecule has 0 spiro atoms. The third-order valence-electron chi connectivity index (χ3n) is 6.57. The van der Waals surface area contributed by atoms with Gasteiger partial charge in [0.25, 0.3) is 5.91 Å². The second-order valence-electron chi connectivity index (χ2n) is 9.06. The summed E-state index contributed by atoms with van der Waals surface area (Å²) in [5.74, 6) is -1.46. The van der Waals surface area contributed by atoms with E-state index >= 15 is 0 Å². The molecule has 2 heterocycles. The van der Waals surface area contributed by atoms with Gasteiger partial charge in [0.2, 0.25) is 11.8 Å². The fraction of sp³-hybridized carbons (Fsp3) is 0.185. The van der Waals surface area contributed by atoms with Gasteiger partial charge < -0.3 is 10.6 Å². The highest BCUT2D eigenvalue weighted by atomic mass is 16.2. The summed E-state index contributed by atoms with van der Waals surface area (Å²) in [6, 6.07) is 24.1. The fourth-order valence-corrected chi connectivity index (χ4v) is 4.76. The molecule has 0 atom stereocenters. The highest BCUT2D eigenvalue weighted by Crippen LogP contribution is 2.39. The van der Waals surface area contributed by atoms with Crippen molar-refractivity contribution in [1.29, 1.82) is 0 Å². The Kier molecular flexibility index (Phi) is 5.16. The average molecular weight is 469 g/mol. The zero-order valence-corrected chi connectivity index (χ0v) is 19.3. The fourth-order valence-electron chi connectivity index (χ4n) is 4.76. The maximum Gasteiger partial charge on any atom is 0.326 e. The molecule has 0 aliphatic carbocycles. The Morgan fingerprint density at radius 1 is 0.800 bits per heavy atom. The van der Waals surface area contributed by atoms with Crippen LogP contribution in [0.15, 0.2) is 84.9 Å². The molecule has 5 rings (SSSR count). The normalized spacial score (nSPS) is 18.1. The molecule has 2 aliphatic heterocycles. The van der Waals surface area contributed by atoms with Crippen LogP contribution in [0.3, 0.4) is 0 Å². The number of imide groups is 1. The quantitative estimate of drug-likeness (QED) is 0.575.